The maximum absolute atomic E-state index is 11.5. The highest BCUT2D eigenvalue weighted by Crippen LogP contribution is 2.06. The molecule has 0 saturated carbocycles. The maximum Gasteiger partial charge on any atom is 0.247 e. The van der Waals surface area contributed by atoms with Crippen LogP contribution < -0.4 is 5.32 Å². The summed E-state index contributed by atoms with van der Waals surface area (Å²) in [5.74, 6) is 0.673. The van der Waals surface area contributed by atoms with Gasteiger partial charge in [0.15, 0.2) is 5.82 Å². The number of aryl methyl sites for hydroxylation is 1. The molecule has 0 aliphatic rings. The van der Waals surface area contributed by atoms with Gasteiger partial charge in [-0.1, -0.05) is 10.4 Å². The molecule has 0 radical (unpaired) electrons. The van der Waals surface area contributed by atoms with E-state index in [9.17, 15) is 4.79 Å². The van der Waals surface area contributed by atoms with Crippen molar-refractivity contribution in [1.29, 1.82) is 0 Å². The molecule has 0 bridgehead atoms. The number of nitrogens with one attached hydrogen (secondary N) is 1. The van der Waals surface area contributed by atoms with E-state index in [0.29, 0.717) is 17.3 Å². The zero-order valence-electron chi connectivity index (χ0n) is 9.12. The molecule has 0 aliphatic carbocycles. The second-order valence-electron chi connectivity index (χ2n) is 3.44. The molecule has 2 aromatic heterocycles. The van der Waals surface area contributed by atoms with Gasteiger partial charge in [0, 0.05) is 6.07 Å². The average molecular weight is 237 g/mol. The third-order valence-electron chi connectivity index (χ3n) is 1.95. The van der Waals surface area contributed by atoms with E-state index in [4.69, 9.17) is 9.63 Å². The number of amides is 1. The van der Waals surface area contributed by atoms with Crippen LogP contribution in [0, 0.1) is 6.92 Å². The van der Waals surface area contributed by atoms with Crippen LogP contribution in [0.1, 0.15) is 11.5 Å². The standard InChI is InChI=1S/C9H11N5O3/c1-6-2-8(12-17-6)10-9(16)4-14-3-7(5-15)11-13-14/h2-3,15H,4-5H2,1H3,(H,10,12,16). The van der Waals surface area contributed by atoms with Gasteiger partial charge in [-0.05, 0) is 6.92 Å². The molecule has 0 aliphatic heterocycles. The summed E-state index contributed by atoms with van der Waals surface area (Å²) in [4.78, 5) is 11.5. The summed E-state index contributed by atoms with van der Waals surface area (Å²) < 4.78 is 6.13. The number of aromatic nitrogens is 4. The molecule has 1 amide bonds. The average Bonchev–Trinajstić information content (AvgIpc) is 2.88. The summed E-state index contributed by atoms with van der Waals surface area (Å²) >= 11 is 0. The molecule has 0 unspecified atom stereocenters. The van der Waals surface area contributed by atoms with E-state index in [-0.39, 0.29) is 19.1 Å². The number of carbonyl (C=O) groups excluding carboxylic acids is 1. The van der Waals surface area contributed by atoms with Crippen LogP contribution in [-0.4, -0.2) is 31.2 Å². The second kappa shape index (κ2) is 4.74. The summed E-state index contributed by atoms with van der Waals surface area (Å²) in [7, 11) is 0. The maximum atomic E-state index is 11.5. The Morgan fingerprint density at radius 2 is 2.47 bits per heavy atom. The van der Waals surface area contributed by atoms with Crippen LogP contribution in [0.4, 0.5) is 5.82 Å². The van der Waals surface area contributed by atoms with Crippen molar-refractivity contribution in [3.8, 4) is 0 Å². The molecular weight excluding hydrogens is 226 g/mol. The van der Waals surface area contributed by atoms with E-state index < -0.39 is 0 Å². The lowest BCUT2D eigenvalue weighted by molar-refractivity contribution is -0.117. The smallest absolute Gasteiger partial charge is 0.247 e. The van der Waals surface area contributed by atoms with E-state index in [2.05, 4.69) is 20.8 Å². The number of aliphatic hydroxyl groups excluding tert-OH is 1. The fourth-order valence-corrected chi connectivity index (χ4v) is 1.24. The fourth-order valence-electron chi connectivity index (χ4n) is 1.24. The molecule has 8 nitrogen and oxygen atoms in total. The minimum atomic E-state index is -0.298. The minimum absolute atomic E-state index is 0.00108. The molecule has 0 aromatic carbocycles. The van der Waals surface area contributed by atoms with E-state index in [1.54, 1.807) is 13.0 Å². The number of anilines is 1. The first kappa shape index (κ1) is 11.3. The first-order valence-corrected chi connectivity index (χ1v) is 4.90. The monoisotopic (exact) mass is 237 g/mol. The number of rotatable bonds is 4. The van der Waals surface area contributed by atoms with Crippen LogP contribution in [0.25, 0.3) is 0 Å². The van der Waals surface area contributed by atoms with Gasteiger partial charge in [-0.2, -0.15) is 0 Å². The lowest BCUT2D eigenvalue weighted by Crippen LogP contribution is -2.19. The summed E-state index contributed by atoms with van der Waals surface area (Å²) in [5.41, 5.74) is 0.412. The van der Waals surface area contributed by atoms with Crippen molar-refractivity contribution in [3.63, 3.8) is 0 Å². The van der Waals surface area contributed by atoms with Crippen LogP contribution in [-0.2, 0) is 17.9 Å². The number of aliphatic hydroxyl groups is 1. The molecule has 2 rings (SSSR count). The van der Waals surface area contributed by atoms with Gasteiger partial charge < -0.3 is 14.9 Å². The zero-order chi connectivity index (χ0) is 12.3. The van der Waals surface area contributed by atoms with Crippen molar-refractivity contribution in [2.45, 2.75) is 20.1 Å². The van der Waals surface area contributed by atoms with Crippen LogP contribution in [0.5, 0.6) is 0 Å². The number of hydrogen-bond donors (Lipinski definition) is 2. The van der Waals surface area contributed by atoms with Crippen LogP contribution in [0.3, 0.4) is 0 Å². The summed E-state index contributed by atoms with van der Waals surface area (Å²) in [6.45, 7) is 1.52. The molecule has 0 atom stereocenters. The van der Waals surface area contributed by atoms with Crippen LogP contribution >= 0.6 is 0 Å². The SMILES string of the molecule is Cc1cc(NC(=O)Cn2cc(CO)nn2)no1. The lowest BCUT2D eigenvalue weighted by Gasteiger charge is -1.99. The molecule has 2 heterocycles. The summed E-state index contributed by atoms with van der Waals surface area (Å²) in [6, 6.07) is 1.61. The highest BCUT2D eigenvalue weighted by Gasteiger charge is 2.08. The molecule has 2 aromatic rings. The van der Waals surface area contributed by atoms with Gasteiger partial charge in [0.25, 0.3) is 0 Å². The van der Waals surface area contributed by atoms with Crippen molar-refractivity contribution in [2.75, 3.05) is 5.32 Å². The molecule has 17 heavy (non-hydrogen) atoms. The van der Waals surface area contributed by atoms with Gasteiger partial charge in [-0.25, -0.2) is 4.68 Å². The van der Waals surface area contributed by atoms with Crippen molar-refractivity contribution in [2.24, 2.45) is 0 Å². The normalized spacial score (nSPS) is 10.5. The van der Waals surface area contributed by atoms with Gasteiger partial charge in [0.2, 0.25) is 5.91 Å². The van der Waals surface area contributed by atoms with Gasteiger partial charge in [0.1, 0.15) is 18.0 Å². The quantitative estimate of drug-likeness (QED) is 0.756. The Morgan fingerprint density at radius 3 is 3.06 bits per heavy atom. The first-order valence-electron chi connectivity index (χ1n) is 4.90. The zero-order valence-corrected chi connectivity index (χ0v) is 9.12. The topological polar surface area (TPSA) is 106 Å². The Balaban J connectivity index is 1.93. The van der Waals surface area contributed by atoms with E-state index in [1.807, 2.05) is 0 Å². The Labute approximate surface area is 96.2 Å². The third kappa shape index (κ3) is 2.88. The molecule has 90 valence electrons. The third-order valence-corrected chi connectivity index (χ3v) is 1.95. The van der Waals surface area contributed by atoms with Crippen molar-refractivity contribution in [1.82, 2.24) is 20.2 Å². The van der Waals surface area contributed by atoms with E-state index in [1.165, 1.54) is 10.9 Å². The Morgan fingerprint density at radius 1 is 1.65 bits per heavy atom. The summed E-state index contributed by atoms with van der Waals surface area (Å²) in [5, 5.41) is 22.3. The Hall–Kier alpha value is -2.22. The summed E-state index contributed by atoms with van der Waals surface area (Å²) in [6.07, 6.45) is 1.49. The predicted octanol–water partition coefficient (Wildman–Crippen LogP) is -0.294. The van der Waals surface area contributed by atoms with E-state index in [0.717, 1.165) is 0 Å². The molecule has 8 heteroatoms. The van der Waals surface area contributed by atoms with Gasteiger partial charge >= 0.3 is 0 Å². The highest BCUT2D eigenvalue weighted by atomic mass is 16.5. The van der Waals surface area contributed by atoms with Gasteiger partial charge in [-0.3, -0.25) is 4.79 Å². The molecule has 0 saturated heterocycles. The Bertz CT molecular complexity index is 518. The second-order valence-corrected chi connectivity index (χ2v) is 3.44. The number of nitrogens with zero attached hydrogens (tertiary/aromatic N) is 4. The molecule has 2 N–H and O–H groups in total. The Kier molecular flexibility index (Phi) is 3.15. The highest BCUT2D eigenvalue weighted by molar-refractivity contribution is 5.89. The van der Waals surface area contributed by atoms with Crippen molar-refractivity contribution >= 4 is 11.7 Å². The number of carbonyl (C=O) groups is 1. The fraction of sp³-hybridized carbons (Fsp3) is 0.333. The minimum Gasteiger partial charge on any atom is -0.390 e. The van der Waals surface area contributed by atoms with Crippen molar-refractivity contribution in [3.05, 3.63) is 23.7 Å². The number of hydrogen-bond acceptors (Lipinski definition) is 6. The molecule has 0 spiro atoms. The lowest BCUT2D eigenvalue weighted by atomic mass is 10.4. The molecule has 0 fully saturated rings. The van der Waals surface area contributed by atoms with Gasteiger partial charge in [0.05, 0.1) is 12.8 Å². The predicted molar refractivity (Wildman–Crippen MR) is 55.8 cm³/mol. The van der Waals surface area contributed by atoms with Gasteiger partial charge in [-0.15, -0.1) is 5.10 Å². The van der Waals surface area contributed by atoms with Crippen LogP contribution in [0.15, 0.2) is 16.8 Å². The van der Waals surface area contributed by atoms with Crippen molar-refractivity contribution < 1.29 is 14.4 Å². The molecular formula is C9H11N5O3. The van der Waals surface area contributed by atoms with E-state index >= 15 is 0 Å². The largest absolute Gasteiger partial charge is 0.390 e. The first-order chi connectivity index (χ1) is 8.17. The van der Waals surface area contributed by atoms with Crippen LogP contribution in [0.2, 0.25) is 0 Å².